The van der Waals surface area contributed by atoms with Crippen LogP contribution < -0.4 is 5.32 Å². The number of hydrogen-bond donors (Lipinski definition) is 1. The molecule has 0 radical (unpaired) electrons. The van der Waals surface area contributed by atoms with E-state index in [1.54, 1.807) is 17.0 Å². The smallest absolute Gasteiger partial charge is 0.308 e. The summed E-state index contributed by atoms with van der Waals surface area (Å²) in [6.07, 6.45) is 2.25. The van der Waals surface area contributed by atoms with Crippen LogP contribution in [0.1, 0.15) is 37.7 Å². The fourth-order valence-corrected chi connectivity index (χ4v) is 6.76. The third kappa shape index (κ3) is 6.65. The minimum absolute atomic E-state index is 0.00632. The van der Waals surface area contributed by atoms with Gasteiger partial charge >= 0.3 is 5.97 Å². The van der Waals surface area contributed by atoms with Crippen molar-refractivity contribution in [3.05, 3.63) is 52.0 Å². The molecule has 0 bridgehead atoms. The number of hydrogen-bond acceptors (Lipinski definition) is 7. The molecule has 1 aromatic heterocycles. The second-order valence-corrected chi connectivity index (χ2v) is 11.9. The summed E-state index contributed by atoms with van der Waals surface area (Å²) in [6, 6.07) is 10.7. The second kappa shape index (κ2) is 12.4. The molecule has 2 aromatic carbocycles. The van der Waals surface area contributed by atoms with E-state index in [1.165, 1.54) is 18.4 Å². The van der Waals surface area contributed by atoms with Gasteiger partial charge in [0, 0.05) is 6.42 Å². The van der Waals surface area contributed by atoms with Gasteiger partial charge < -0.3 is 19.7 Å². The van der Waals surface area contributed by atoms with Gasteiger partial charge in [0.15, 0.2) is 5.13 Å². The summed E-state index contributed by atoms with van der Waals surface area (Å²) in [5, 5.41) is 4.93. The number of carbonyl (C=O) groups excluding carboxylic acids is 2. The number of anilines is 2. The van der Waals surface area contributed by atoms with E-state index in [2.05, 4.69) is 10.3 Å². The van der Waals surface area contributed by atoms with Crippen LogP contribution in [0.4, 0.5) is 15.2 Å². The summed E-state index contributed by atoms with van der Waals surface area (Å²) >= 11 is 14.2. The van der Waals surface area contributed by atoms with E-state index in [9.17, 15) is 14.0 Å². The van der Waals surface area contributed by atoms with Gasteiger partial charge in [-0.2, -0.15) is 0 Å². The number of rotatable bonds is 8. The Morgan fingerprint density at radius 3 is 2.67 bits per heavy atom. The van der Waals surface area contributed by atoms with Crippen molar-refractivity contribution in [1.82, 2.24) is 9.88 Å². The zero-order valence-corrected chi connectivity index (χ0v) is 23.8. The number of benzene rings is 2. The van der Waals surface area contributed by atoms with Crippen molar-refractivity contribution in [2.24, 2.45) is 5.92 Å². The number of thiazole rings is 1. The van der Waals surface area contributed by atoms with E-state index in [0.29, 0.717) is 33.7 Å². The van der Waals surface area contributed by atoms with Gasteiger partial charge in [0.05, 0.1) is 65.2 Å². The first-order valence-electron chi connectivity index (χ1n) is 13.0. The number of para-hydroxylation sites is 1. The number of halogens is 3. The maximum absolute atomic E-state index is 14.4. The first kappa shape index (κ1) is 28.1. The van der Waals surface area contributed by atoms with Gasteiger partial charge in [0.1, 0.15) is 11.7 Å². The largest absolute Gasteiger partial charge is 0.469 e. The molecule has 5 rings (SSSR count). The quantitative estimate of drug-likeness (QED) is 0.297. The van der Waals surface area contributed by atoms with Crippen molar-refractivity contribution < 1.29 is 23.5 Å². The molecule has 2 fully saturated rings. The molecule has 11 heteroatoms. The van der Waals surface area contributed by atoms with Crippen molar-refractivity contribution in [2.45, 2.75) is 56.8 Å². The van der Waals surface area contributed by atoms with Gasteiger partial charge in [-0.25, -0.2) is 9.37 Å². The Labute approximate surface area is 240 Å². The minimum atomic E-state index is -1.07. The fourth-order valence-electron chi connectivity index (χ4n) is 5.33. The Morgan fingerprint density at radius 1 is 1.15 bits per heavy atom. The van der Waals surface area contributed by atoms with Crippen LogP contribution in [0.2, 0.25) is 10.0 Å². The van der Waals surface area contributed by atoms with Crippen LogP contribution in [0.25, 0.3) is 10.2 Å². The Morgan fingerprint density at radius 2 is 1.95 bits per heavy atom. The first-order valence-corrected chi connectivity index (χ1v) is 14.6. The number of nitrogens with zero attached hydrogens (tertiary/aromatic N) is 2. The van der Waals surface area contributed by atoms with Crippen LogP contribution in [0.5, 0.6) is 0 Å². The highest BCUT2D eigenvalue weighted by Gasteiger charge is 2.36. The molecule has 39 heavy (non-hydrogen) atoms. The van der Waals surface area contributed by atoms with Crippen LogP contribution in [0, 0.1) is 5.92 Å². The molecule has 0 spiro atoms. The molecule has 2 aliphatic rings. The lowest BCUT2D eigenvalue weighted by Crippen LogP contribution is -2.40. The topological polar surface area (TPSA) is 80.8 Å². The van der Waals surface area contributed by atoms with Crippen molar-refractivity contribution in [3.8, 4) is 0 Å². The summed E-state index contributed by atoms with van der Waals surface area (Å²) < 4.78 is 26.2. The van der Waals surface area contributed by atoms with E-state index < -0.39 is 6.17 Å². The zero-order valence-electron chi connectivity index (χ0n) is 21.5. The number of fused-ring (bicyclic) bond motifs is 1. The number of esters is 1. The van der Waals surface area contributed by atoms with Crippen molar-refractivity contribution in [2.75, 3.05) is 25.6 Å². The lowest BCUT2D eigenvalue weighted by molar-refractivity contribution is -0.148. The van der Waals surface area contributed by atoms with E-state index in [-0.39, 0.29) is 55.9 Å². The standard InChI is InChI=1S/C28H30Cl2FN3O4S/c1-37-27(36)17-6-8-20(9-7-17)38-15-19-13-18(31)14-34(19)25(35)12-16-5-10-23(22(30)11-16)32-28-33-26-21(29)3-2-4-24(26)39-28/h2-5,10-11,17-20H,6-9,12-15H2,1H3,(H,32,33)/t17?,18-,19-,20?/m0/s1. The predicted octanol–water partition coefficient (Wildman–Crippen LogP) is 6.58. The number of alkyl halides is 1. The average molecular weight is 595 g/mol. The number of carbonyl (C=O) groups is 2. The summed E-state index contributed by atoms with van der Waals surface area (Å²) in [6.45, 7) is 0.352. The lowest BCUT2D eigenvalue weighted by Gasteiger charge is -2.30. The number of ether oxygens (including phenoxy) is 2. The zero-order chi connectivity index (χ0) is 27.5. The Kier molecular flexibility index (Phi) is 8.91. The number of likely N-dealkylation sites (tertiary alicyclic amines) is 1. The third-order valence-electron chi connectivity index (χ3n) is 7.42. The molecule has 2 heterocycles. The normalized spacial score (nSPS) is 23.2. The number of aromatic nitrogens is 1. The van der Waals surface area contributed by atoms with E-state index >= 15 is 0 Å². The molecule has 2 atom stereocenters. The van der Waals surface area contributed by atoms with Crippen LogP contribution >= 0.6 is 34.5 Å². The minimum Gasteiger partial charge on any atom is -0.469 e. The van der Waals surface area contributed by atoms with Crippen molar-refractivity contribution in [1.29, 1.82) is 0 Å². The number of amides is 1. The Balaban J connectivity index is 1.16. The highest BCUT2D eigenvalue weighted by Crippen LogP contribution is 2.35. The average Bonchev–Trinajstić information content (AvgIpc) is 3.52. The van der Waals surface area contributed by atoms with Crippen LogP contribution in [0.3, 0.4) is 0 Å². The monoisotopic (exact) mass is 593 g/mol. The molecule has 1 amide bonds. The Bertz CT molecular complexity index is 1350. The molecule has 7 nitrogen and oxygen atoms in total. The molecule has 0 unspecified atom stereocenters. The molecule has 208 valence electrons. The molecule has 1 aliphatic heterocycles. The van der Waals surface area contributed by atoms with Crippen molar-refractivity contribution in [3.63, 3.8) is 0 Å². The van der Waals surface area contributed by atoms with Crippen LogP contribution in [-0.2, 0) is 25.5 Å². The van der Waals surface area contributed by atoms with Crippen molar-refractivity contribution >= 4 is 67.5 Å². The van der Waals surface area contributed by atoms with Gasteiger partial charge in [0.25, 0.3) is 0 Å². The molecule has 1 saturated carbocycles. The lowest BCUT2D eigenvalue weighted by atomic mass is 9.87. The van der Waals surface area contributed by atoms with Gasteiger partial charge in [-0.1, -0.05) is 46.7 Å². The summed E-state index contributed by atoms with van der Waals surface area (Å²) in [5.41, 5.74) is 2.14. The second-order valence-electron chi connectivity index (χ2n) is 10.1. The fraction of sp³-hybridized carbons (Fsp3) is 0.464. The third-order valence-corrected chi connectivity index (χ3v) is 8.97. The van der Waals surface area contributed by atoms with Crippen LogP contribution in [-0.4, -0.2) is 60.3 Å². The summed E-state index contributed by atoms with van der Waals surface area (Å²) in [5.74, 6) is -0.412. The number of nitrogens with one attached hydrogen (secondary N) is 1. The number of methoxy groups -OCH3 is 1. The van der Waals surface area contributed by atoms with Gasteiger partial charge in [-0.05, 0) is 55.5 Å². The maximum atomic E-state index is 14.4. The Hall–Kier alpha value is -2.46. The maximum Gasteiger partial charge on any atom is 0.308 e. The molecule has 1 saturated heterocycles. The SMILES string of the molecule is COC(=O)C1CCC(OC[C@@H]2C[C@H](F)CN2C(=O)Cc2ccc(Nc3nc4c(Cl)cccc4s3)c(Cl)c2)CC1. The molecular formula is C28H30Cl2FN3O4S. The summed E-state index contributed by atoms with van der Waals surface area (Å²) in [7, 11) is 1.41. The molecule has 3 aromatic rings. The van der Waals surface area contributed by atoms with E-state index in [4.69, 9.17) is 32.7 Å². The predicted molar refractivity (Wildman–Crippen MR) is 152 cm³/mol. The molecule has 1 aliphatic carbocycles. The van der Waals surface area contributed by atoms with Crippen LogP contribution in [0.15, 0.2) is 36.4 Å². The van der Waals surface area contributed by atoms with Gasteiger partial charge in [-0.3, -0.25) is 9.59 Å². The highest BCUT2D eigenvalue weighted by atomic mass is 35.5. The summed E-state index contributed by atoms with van der Waals surface area (Å²) in [4.78, 5) is 31.0. The van der Waals surface area contributed by atoms with Gasteiger partial charge in [0.2, 0.25) is 5.91 Å². The first-order chi connectivity index (χ1) is 18.8. The van der Waals surface area contributed by atoms with Gasteiger partial charge in [-0.15, -0.1) is 0 Å². The van der Waals surface area contributed by atoms with E-state index in [1.807, 2.05) is 24.3 Å². The highest BCUT2D eigenvalue weighted by molar-refractivity contribution is 7.22. The van der Waals surface area contributed by atoms with E-state index in [0.717, 1.165) is 28.6 Å². The molecule has 1 N–H and O–H groups in total. The molecular weight excluding hydrogens is 564 g/mol.